The van der Waals surface area contributed by atoms with Crippen molar-refractivity contribution >= 4 is 21.7 Å². The van der Waals surface area contributed by atoms with E-state index in [2.05, 4.69) is 4.72 Å². The third-order valence-corrected chi connectivity index (χ3v) is 4.28. The van der Waals surface area contributed by atoms with Crippen molar-refractivity contribution in [2.24, 2.45) is 0 Å². The molecule has 0 heterocycles. The standard InChI is InChI=1S/C18H20FNO4S/c1-18(2,3)24-17(21)14-7-5-9-16(11-14)20-25(22,23)12-13-6-4-8-15(19)10-13/h4-11,20H,12H2,1-3H3. The average Bonchev–Trinajstić information content (AvgIpc) is 2.44. The predicted molar refractivity (Wildman–Crippen MR) is 94.3 cm³/mol. The minimum atomic E-state index is -3.75. The van der Waals surface area contributed by atoms with E-state index in [0.717, 1.165) is 6.07 Å². The van der Waals surface area contributed by atoms with E-state index < -0.39 is 27.4 Å². The summed E-state index contributed by atoms with van der Waals surface area (Å²) < 4.78 is 45.3. The number of anilines is 1. The Morgan fingerprint density at radius 3 is 2.44 bits per heavy atom. The summed E-state index contributed by atoms with van der Waals surface area (Å²) in [6.45, 7) is 5.24. The van der Waals surface area contributed by atoms with Gasteiger partial charge in [0.25, 0.3) is 0 Å². The van der Waals surface area contributed by atoms with Crippen LogP contribution >= 0.6 is 0 Å². The Bertz CT molecular complexity index is 873. The van der Waals surface area contributed by atoms with Gasteiger partial charge in [-0.25, -0.2) is 17.6 Å². The van der Waals surface area contributed by atoms with Gasteiger partial charge in [0.1, 0.15) is 11.4 Å². The van der Waals surface area contributed by atoms with Crippen LogP contribution in [-0.2, 0) is 20.5 Å². The highest BCUT2D eigenvalue weighted by atomic mass is 32.2. The lowest BCUT2D eigenvalue weighted by molar-refractivity contribution is 0.00695. The molecule has 0 radical (unpaired) electrons. The van der Waals surface area contributed by atoms with E-state index in [0.29, 0.717) is 5.56 Å². The number of sulfonamides is 1. The van der Waals surface area contributed by atoms with E-state index in [4.69, 9.17) is 4.74 Å². The molecule has 0 aliphatic carbocycles. The van der Waals surface area contributed by atoms with Gasteiger partial charge in [0.05, 0.1) is 11.3 Å². The van der Waals surface area contributed by atoms with Crippen LogP contribution in [0.4, 0.5) is 10.1 Å². The first-order valence-corrected chi connectivity index (χ1v) is 9.28. The third kappa shape index (κ3) is 6.19. The summed E-state index contributed by atoms with van der Waals surface area (Å²) >= 11 is 0. The van der Waals surface area contributed by atoms with Crippen LogP contribution in [0.2, 0.25) is 0 Å². The summed E-state index contributed by atoms with van der Waals surface area (Å²) in [7, 11) is -3.75. The van der Waals surface area contributed by atoms with Crippen molar-refractivity contribution in [2.75, 3.05) is 4.72 Å². The summed E-state index contributed by atoms with van der Waals surface area (Å²) in [6.07, 6.45) is 0. The highest BCUT2D eigenvalue weighted by Gasteiger charge is 2.19. The molecule has 0 aromatic heterocycles. The lowest BCUT2D eigenvalue weighted by Crippen LogP contribution is -2.24. The molecule has 5 nitrogen and oxygen atoms in total. The van der Waals surface area contributed by atoms with Gasteiger partial charge in [0.15, 0.2) is 0 Å². The average molecular weight is 365 g/mol. The number of hydrogen-bond donors (Lipinski definition) is 1. The van der Waals surface area contributed by atoms with Gasteiger partial charge in [-0.05, 0) is 56.7 Å². The molecule has 134 valence electrons. The van der Waals surface area contributed by atoms with Crippen LogP contribution in [0.5, 0.6) is 0 Å². The monoisotopic (exact) mass is 365 g/mol. The number of benzene rings is 2. The highest BCUT2D eigenvalue weighted by Crippen LogP contribution is 2.18. The topological polar surface area (TPSA) is 72.5 Å². The first kappa shape index (κ1) is 18.9. The normalized spacial score (nSPS) is 11.8. The number of halogens is 1. The zero-order valence-electron chi connectivity index (χ0n) is 14.2. The fourth-order valence-electron chi connectivity index (χ4n) is 2.11. The van der Waals surface area contributed by atoms with Gasteiger partial charge in [-0.2, -0.15) is 0 Å². The van der Waals surface area contributed by atoms with E-state index in [1.54, 1.807) is 32.9 Å². The fourth-order valence-corrected chi connectivity index (χ4v) is 3.29. The van der Waals surface area contributed by atoms with Gasteiger partial charge < -0.3 is 4.74 Å². The fraction of sp³-hybridized carbons (Fsp3) is 0.278. The first-order valence-electron chi connectivity index (χ1n) is 7.62. The maximum Gasteiger partial charge on any atom is 0.338 e. The maximum absolute atomic E-state index is 13.2. The largest absolute Gasteiger partial charge is 0.456 e. The minimum Gasteiger partial charge on any atom is -0.456 e. The smallest absolute Gasteiger partial charge is 0.338 e. The molecule has 0 amide bonds. The van der Waals surface area contributed by atoms with Crippen LogP contribution in [0.25, 0.3) is 0 Å². The molecular weight excluding hydrogens is 345 g/mol. The summed E-state index contributed by atoms with van der Waals surface area (Å²) in [5, 5.41) is 0. The maximum atomic E-state index is 13.2. The van der Waals surface area contributed by atoms with Crippen molar-refractivity contribution in [3.05, 3.63) is 65.5 Å². The van der Waals surface area contributed by atoms with Crippen LogP contribution in [0.15, 0.2) is 48.5 Å². The van der Waals surface area contributed by atoms with Crippen LogP contribution in [0.1, 0.15) is 36.7 Å². The van der Waals surface area contributed by atoms with Crippen molar-refractivity contribution in [1.29, 1.82) is 0 Å². The molecule has 0 bridgehead atoms. The summed E-state index contributed by atoms with van der Waals surface area (Å²) in [4.78, 5) is 12.1. The molecule has 0 saturated carbocycles. The van der Waals surface area contributed by atoms with Crippen molar-refractivity contribution in [3.63, 3.8) is 0 Å². The van der Waals surface area contributed by atoms with Crippen molar-refractivity contribution in [3.8, 4) is 0 Å². The molecule has 2 rings (SSSR count). The third-order valence-electron chi connectivity index (χ3n) is 3.02. The second kappa shape index (κ2) is 7.23. The molecule has 1 N–H and O–H groups in total. The Morgan fingerprint density at radius 1 is 1.12 bits per heavy atom. The van der Waals surface area contributed by atoms with E-state index in [-0.39, 0.29) is 17.0 Å². The van der Waals surface area contributed by atoms with Gasteiger partial charge in [-0.3, -0.25) is 4.72 Å². The second-order valence-electron chi connectivity index (χ2n) is 6.57. The number of rotatable bonds is 5. The van der Waals surface area contributed by atoms with Gasteiger partial charge in [-0.15, -0.1) is 0 Å². The molecule has 2 aromatic carbocycles. The van der Waals surface area contributed by atoms with Crippen LogP contribution in [0, 0.1) is 5.82 Å². The van der Waals surface area contributed by atoms with Crippen LogP contribution in [-0.4, -0.2) is 20.0 Å². The Kier molecular flexibility index (Phi) is 5.47. The van der Waals surface area contributed by atoms with Crippen molar-refractivity contribution < 1.29 is 22.3 Å². The molecule has 7 heteroatoms. The molecule has 2 aromatic rings. The summed E-state index contributed by atoms with van der Waals surface area (Å²) in [5.74, 6) is -1.42. The Morgan fingerprint density at radius 2 is 1.80 bits per heavy atom. The highest BCUT2D eigenvalue weighted by molar-refractivity contribution is 7.91. The van der Waals surface area contributed by atoms with Gasteiger partial charge in [-0.1, -0.05) is 18.2 Å². The van der Waals surface area contributed by atoms with Gasteiger partial charge in [0.2, 0.25) is 10.0 Å². The molecule has 0 aliphatic heterocycles. The number of esters is 1. The molecule has 0 aliphatic rings. The molecular formula is C18H20FNO4S. The van der Waals surface area contributed by atoms with E-state index in [1.165, 1.54) is 30.3 Å². The zero-order valence-corrected chi connectivity index (χ0v) is 15.1. The Balaban J connectivity index is 2.14. The number of nitrogens with one attached hydrogen (secondary N) is 1. The molecule has 0 saturated heterocycles. The molecule has 25 heavy (non-hydrogen) atoms. The second-order valence-corrected chi connectivity index (χ2v) is 8.30. The molecule has 0 atom stereocenters. The van der Waals surface area contributed by atoms with E-state index in [9.17, 15) is 17.6 Å². The van der Waals surface area contributed by atoms with Crippen molar-refractivity contribution in [1.82, 2.24) is 0 Å². The Labute approximate surface area is 146 Å². The lowest BCUT2D eigenvalue weighted by atomic mass is 10.1. The van der Waals surface area contributed by atoms with Crippen molar-refractivity contribution in [2.45, 2.75) is 32.1 Å². The summed E-state index contributed by atoms with van der Waals surface area (Å²) in [6, 6.07) is 11.4. The summed E-state index contributed by atoms with van der Waals surface area (Å²) in [5.41, 5.74) is 0.153. The molecule has 0 spiro atoms. The number of hydrogen-bond acceptors (Lipinski definition) is 4. The number of carbonyl (C=O) groups is 1. The van der Waals surface area contributed by atoms with E-state index in [1.807, 2.05) is 0 Å². The van der Waals surface area contributed by atoms with E-state index >= 15 is 0 Å². The Hall–Kier alpha value is -2.41. The minimum absolute atomic E-state index is 0.236. The zero-order chi connectivity index (χ0) is 18.7. The first-order chi connectivity index (χ1) is 11.5. The van der Waals surface area contributed by atoms with Gasteiger partial charge >= 0.3 is 5.97 Å². The predicted octanol–water partition coefficient (Wildman–Crippen LogP) is 3.72. The quantitative estimate of drug-likeness (QED) is 0.820. The van der Waals surface area contributed by atoms with Crippen LogP contribution < -0.4 is 4.72 Å². The SMILES string of the molecule is CC(C)(C)OC(=O)c1cccc(NS(=O)(=O)Cc2cccc(F)c2)c1. The number of ether oxygens (including phenoxy) is 1. The molecule has 0 fully saturated rings. The van der Waals surface area contributed by atoms with Crippen LogP contribution in [0.3, 0.4) is 0 Å². The van der Waals surface area contributed by atoms with Gasteiger partial charge in [0, 0.05) is 5.69 Å². The lowest BCUT2D eigenvalue weighted by Gasteiger charge is -2.19. The molecule has 0 unspecified atom stereocenters. The number of carbonyl (C=O) groups excluding carboxylic acids is 1.